The highest BCUT2D eigenvalue weighted by Gasteiger charge is 2.21. The summed E-state index contributed by atoms with van der Waals surface area (Å²) in [7, 11) is 4.77. The van der Waals surface area contributed by atoms with Gasteiger partial charge in [0.2, 0.25) is 0 Å². The molecule has 1 heteroatoms. The smallest absolute Gasteiger partial charge is 0.104 e. The fourth-order valence-corrected chi connectivity index (χ4v) is 3.48. The summed E-state index contributed by atoms with van der Waals surface area (Å²) in [5.41, 5.74) is 1.46. The molecule has 1 rings (SSSR count). The maximum absolute atomic E-state index is 2.39. The van der Waals surface area contributed by atoms with Gasteiger partial charge < -0.3 is 4.48 Å². The first kappa shape index (κ1) is 19.2. The van der Waals surface area contributed by atoms with Gasteiger partial charge in [-0.3, -0.25) is 0 Å². The molecule has 0 heterocycles. The van der Waals surface area contributed by atoms with Gasteiger partial charge in [0.1, 0.15) is 6.54 Å². The van der Waals surface area contributed by atoms with Crippen molar-refractivity contribution in [3.8, 4) is 0 Å². The Bertz CT molecular complexity index is 369. The molecule has 126 valence electrons. The number of benzene rings is 1. The summed E-state index contributed by atoms with van der Waals surface area (Å²) >= 11 is 0. The van der Waals surface area contributed by atoms with Gasteiger partial charge in [0.05, 0.1) is 20.6 Å². The predicted molar refractivity (Wildman–Crippen MR) is 98.9 cm³/mol. The van der Waals surface area contributed by atoms with Gasteiger partial charge in [-0.1, -0.05) is 82.7 Å². The number of nitrogens with zero attached hydrogens (tertiary/aromatic N) is 1. The van der Waals surface area contributed by atoms with Crippen molar-refractivity contribution in [3.63, 3.8) is 0 Å². The molecule has 0 amide bonds. The first-order valence-electron chi connectivity index (χ1n) is 9.43. The number of quaternary nitrogens is 1. The molecule has 0 spiro atoms. The lowest BCUT2D eigenvalue weighted by atomic mass is 9.96. The van der Waals surface area contributed by atoms with E-state index in [1.807, 2.05) is 0 Å². The maximum atomic E-state index is 2.39. The number of hydrogen-bond acceptors (Lipinski definition) is 0. The largest absolute Gasteiger partial charge is 0.325 e. The molecule has 0 fully saturated rings. The van der Waals surface area contributed by atoms with Gasteiger partial charge in [-0.05, 0) is 12.8 Å². The van der Waals surface area contributed by atoms with Crippen LogP contribution in [0.25, 0.3) is 0 Å². The minimum Gasteiger partial charge on any atom is -0.325 e. The molecule has 0 aliphatic carbocycles. The van der Waals surface area contributed by atoms with E-state index in [9.17, 15) is 0 Å². The highest BCUT2D eigenvalue weighted by atomic mass is 15.3. The van der Waals surface area contributed by atoms with Crippen LogP contribution in [0.2, 0.25) is 0 Å². The van der Waals surface area contributed by atoms with Crippen LogP contribution < -0.4 is 0 Å². The Balaban J connectivity index is 2.30. The zero-order valence-corrected chi connectivity index (χ0v) is 15.5. The Morgan fingerprint density at radius 1 is 0.864 bits per heavy atom. The van der Waals surface area contributed by atoms with Crippen molar-refractivity contribution in [2.45, 2.75) is 71.8 Å². The van der Waals surface area contributed by atoms with Gasteiger partial charge >= 0.3 is 0 Å². The quantitative estimate of drug-likeness (QED) is 0.326. The molecule has 0 saturated carbocycles. The Morgan fingerprint density at radius 3 is 2.14 bits per heavy atom. The van der Waals surface area contributed by atoms with E-state index in [4.69, 9.17) is 0 Å². The summed E-state index contributed by atoms with van der Waals surface area (Å²) in [6.45, 7) is 7.11. The van der Waals surface area contributed by atoms with E-state index in [0.29, 0.717) is 0 Å². The third kappa shape index (κ3) is 8.58. The van der Waals surface area contributed by atoms with E-state index in [1.54, 1.807) is 0 Å². The lowest BCUT2D eigenvalue weighted by Crippen LogP contribution is -2.42. The zero-order chi connectivity index (χ0) is 16.3. The monoisotopic (exact) mass is 304 g/mol. The lowest BCUT2D eigenvalue weighted by molar-refractivity contribution is -0.907. The van der Waals surface area contributed by atoms with Crippen LogP contribution in [0, 0.1) is 5.92 Å². The molecule has 0 N–H and O–H groups in total. The second kappa shape index (κ2) is 10.8. The third-order valence-electron chi connectivity index (χ3n) is 4.75. The van der Waals surface area contributed by atoms with Crippen LogP contribution in [-0.2, 0) is 6.54 Å². The zero-order valence-electron chi connectivity index (χ0n) is 15.5. The highest BCUT2D eigenvalue weighted by molar-refractivity contribution is 5.13. The van der Waals surface area contributed by atoms with Crippen molar-refractivity contribution in [3.05, 3.63) is 35.9 Å². The summed E-state index contributed by atoms with van der Waals surface area (Å²) < 4.78 is 1.11. The first-order chi connectivity index (χ1) is 10.6. The average molecular weight is 305 g/mol. The fourth-order valence-electron chi connectivity index (χ4n) is 3.48. The van der Waals surface area contributed by atoms with Crippen LogP contribution in [-0.4, -0.2) is 25.1 Å². The van der Waals surface area contributed by atoms with Crippen molar-refractivity contribution in [2.75, 3.05) is 20.6 Å². The van der Waals surface area contributed by atoms with Gasteiger partial charge in [-0.25, -0.2) is 0 Å². The average Bonchev–Trinajstić information content (AvgIpc) is 2.50. The van der Waals surface area contributed by atoms with Crippen LogP contribution in [0.1, 0.15) is 70.8 Å². The molecule has 22 heavy (non-hydrogen) atoms. The van der Waals surface area contributed by atoms with Crippen LogP contribution >= 0.6 is 0 Å². The topological polar surface area (TPSA) is 0 Å². The van der Waals surface area contributed by atoms with Gasteiger partial charge in [0.15, 0.2) is 0 Å². The molecule has 0 radical (unpaired) electrons. The van der Waals surface area contributed by atoms with E-state index in [1.165, 1.54) is 63.5 Å². The van der Waals surface area contributed by atoms with Gasteiger partial charge in [-0.2, -0.15) is 0 Å². The molecular weight excluding hydrogens is 266 g/mol. The molecule has 1 aromatic rings. The number of unbranched alkanes of at least 4 members (excludes halogenated alkanes) is 5. The molecule has 0 bridgehead atoms. The molecule has 1 unspecified atom stereocenters. The SMILES string of the molecule is CCCCCCCCC(CC)C[N+](C)(C)Cc1ccccc1. The Labute approximate surface area is 139 Å². The first-order valence-corrected chi connectivity index (χ1v) is 9.43. The molecule has 0 aliphatic heterocycles. The molecule has 0 saturated heterocycles. The number of hydrogen-bond donors (Lipinski definition) is 0. The Morgan fingerprint density at radius 2 is 1.50 bits per heavy atom. The van der Waals surface area contributed by atoms with E-state index in [-0.39, 0.29) is 0 Å². The molecule has 0 aliphatic rings. The van der Waals surface area contributed by atoms with Gasteiger partial charge in [-0.15, -0.1) is 0 Å². The summed E-state index contributed by atoms with van der Waals surface area (Å²) in [4.78, 5) is 0. The summed E-state index contributed by atoms with van der Waals surface area (Å²) in [5.74, 6) is 0.880. The Hall–Kier alpha value is -0.820. The van der Waals surface area contributed by atoms with Crippen LogP contribution in [0.3, 0.4) is 0 Å². The minimum atomic E-state index is 0.880. The molecule has 1 atom stereocenters. The standard InChI is InChI=1S/C21H38N/c1-5-7-8-9-10-12-15-20(6-2)18-22(3,4)19-21-16-13-11-14-17-21/h11,13-14,16-17,20H,5-10,12,15,18-19H2,1-4H3/q+1. The molecular formula is C21H38N+. The van der Waals surface area contributed by atoms with Gasteiger partial charge in [0.25, 0.3) is 0 Å². The van der Waals surface area contributed by atoms with E-state index in [0.717, 1.165) is 16.9 Å². The minimum absolute atomic E-state index is 0.880. The predicted octanol–water partition coefficient (Wildman–Crippen LogP) is 6.04. The van der Waals surface area contributed by atoms with Crippen molar-refractivity contribution in [1.82, 2.24) is 0 Å². The second-order valence-corrected chi connectivity index (χ2v) is 7.59. The van der Waals surface area contributed by atoms with Crippen LogP contribution in [0.5, 0.6) is 0 Å². The number of rotatable bonds is 12. The lowest BCUT2D eigenvalue weighted by Gasteiger charge is -2.33. The van der Waals surface area contributed by atoms with E-state index in [2.05, 4.69) is 58.3 Å². The van der Waals surface area contributed by atoms with Crippen molar-refractivity contribution in [1.29, 1.82) is 0 Å². The van der Waals surface area contributed by atoms with Crippen molar-refractivity contribution < 1.29 is 4.48 Å². The normalized spacial score (nSPS) is 13.3. The van der Waals surface area contributed by atoms with E-state index >= 15 is 0 Å². The summed E-state index contributed by atoms with van der Waals surface area (Å²) in [6.07, 6.45) is 11.2. The maximum Gasteiger partial charge on any atom is 0.104 e. The van der Waals surface area contributed by atoms with Crippen LogP contribution in [0.4, 0.5) is 0 Å². The Kier molecular flexibility index (Phi) is 9.47. The van der Waals surface area contributed by atoms with E-state index < -0.39 is 0 Å². The molecule has 0 aromatic heterocycles. The van der Waals surface area contributed by atoms with Crippen molar-refractivity contribution in [2.24, 2.45) is 5.92 Å². The molecule has 1 nitrogen and oxygen atoms in total. The third-order valence-corrected chi connectivity index (χ3v) is 4.75. The summed E-state index contributed by atoms with van der Waals surface area (Å²) in [6, 6.07) is 10.9. The van der Waals surface area contributed by atoms with Crippen molar-refractivity contribution >= 4 is 0 Å². The second-order valence-electron chi connectivity index (χ2n) is 7.59. The fraction of sp³-hybridized carbons (Fsp3) is 0.714. The highest BCUT2D eigenvalue weighted by Crippen LogP contribution is 2.20. The summed E-state index contributed by atoms with van der Waals surface area (Å²) in [5, 5.41) is 0. The molecule has 1 aromatic carbocycles. The van der Waals surface area contributed by atoms with Crippen LogP contribution in [0.15, 0.2) is 30.3 Å². The van der Waals surface area contributed by atoms with Gasteiger partial charge in [0, 0.05) is 11.5 Å².